The average molecular weight is 299 g/mol. The number of nitrogens with zero attached hydrogens (tertiary/aromatic N) is 1. The van der Waals surface area contributed by atoms with Crippen LogP contribution in [0.5, 0.6) is 0 Å². The number of rotatable bonds is 4. The third-order valence-corrected chi connectivity index (χ3v) is 3.40. The van der Waals surface area contributed by atoms with Gasteiger partial charge < -0.3 is 3.07 Å². The zero-order chi connectivity index (χ0) is 9.31. The molecule has 1 atom stereocenters. The van der Waals surface area contributed by atoms with Crippen molar-refractivity contribution in [3.8, 4) is 0 Å². The largest absolute Gasteiger partial charge is 0.315 e. The molecule has 2 nitrogen and oxygen atoms in total. The summed E-state index contributed by atoms with van der Waals surface area (Å²) in [6.45, 7) is 3.45. The Kier molecular flexibility index (Phi) is 3.10. The predicted molar refractivity (Wildman–Crippen MR) is 57.6 cm³/mol. The number of alkyl halides is 1. The van der Waals surface area contributed by atoms with Gasteiger partial charge in [0.15, 0.2) is 0 Å². The van der Waals surface area contributed by atoms with Crippen molar-refractivity contribution in [2.24, 2.45) is 5.41 Å². The highest BCUT2D eigenvalue weighted by Crippen LogP contribution is 2.47. The van der Waals surface area contributed by atoms with E-state index in [1.165, 1.54) is 12.8 Å². The van der Waals surface area contributed by atoms with E-state index >= 15 is 0 Å². The summed E-state index contributed by atoms with van der Waals surface area (Å²) in [4.78, 5) is 2.24. The van der Waals surface area contributed by atoms with Crippen molar-refractivity contribution < 1.29 is 7.46 Å². The normalized spacial score (nSPS) is 32.3. The van der Waals surface area contributed by atoms with Crippen molar-refractivity contribution in [3.63, 3.8) is 0 Å². The lowest BCUT2D eigenvalue weighted by Crippen LogP contribution is -2.30. The predicted octanol–water partition coefficient (Wildman–Crippen LogP) is 2.18. The van der Waals surface area contributed by atoms with Gasteiger partial charge in [-0.2, -0.15) is 0 Å². The van der Waals surface area contributed by atoms with Gasteiger partial charge in [-0.25, -0.2) is 4.39 Å². The second kappa shape index (κ2) is 3.98. The molecule has 2 rings (SSSR count). The van der Waals surface area contributed by atoms with E-state index in [-0.39, 0.29) is 0 Å². The summed E-state index contributed by atoms with van der Waals surface area (Å²) < 4.78 is 18.0. The molecule has 0 aromatic carbocycles. The van der Waals surface area contributed by atoms with E-state index in [4.69, 9.17) is 3.07 Å². The Morgan fingerprint density at radius 2 is 2.31 bits per heavy atom. The first-order chi connectivity index (χ1) is 6.24. The molecule has 13 heavy (non-hydrogen) atoms. The molecule has 1 aliphatic heterocycles. The monoisotopic (exact) mass is 299 g/mol. The van der Waals surface area contributed by atoms with E-state index in [2.05, 4.69) is 4.90 Å². The Balaban J connectivity index is 1.77. The summed E-state index contributed by atoms with van der Waals surface area (Å²) in [7, 11) is 0. The Bertz CT molecular complexity index is 186. The Morgan fingerprint density at radius 3 is 2.77 bits per heavy atom. The summed E-state index contributed by atoms with van der Waals surface area (Å²) in [6.07, 6.45) is 2.64. The fourth-order valence-electron chi connectivity index (χ4n) is 2.04. The lowest BCUT2D eigenvalue weighted by molar-refractivity contribution is 0.200. The maximum atomic E-state index is 12.9. The molecule has 0 radical (unpaired) electrons. The second-order valence-corrected chi connectivity index (χ2v) is 5.00. The topological polar surface area (TPSA) is 12.5 Å². The molecule has 0 spiro atoms. The SMILES string of the molecule is FC1CCN(CC2(COI)CC2)C1. The van der Waals surface area contributed by atoms with Crippen LogP contribution < -0.4 is 0 Å². The highest BCUT2D eigenvalue weighted by molar-refractivity contribution is 14.1. The molecule has 0 N–H and O–H groups in total. The molecule has 2 aliphatic rings. The third kappa shape index (κ3) is 2.53. The minimum absolute atomic E-state index is 0.380. The quantitative estimate of drug-likeness (QED) is 0.738. The van der Waals surface area contributed by atoms with Crippen LogP contribution in [-0.4, -0.2) is 37.3 Å². The molecule has 1 unspecified atom stereocenters. The number of likely N-dealkylation sites (tertiary alicyclic amines) is 1. The minimum Gasteiger partial charge on any atom is -0.315 e. The molecule has 0 aromatic rings. The summed E-state index contributed by atoms with van der Waals surface area (Å²) >= 11 is 1.95. The van der Waals surface area contributed by atoms with Gasteiger partial charge >= 0.3 is 0 Å². The van der Waals surface area contributed by atoms with Gasteiger partial charge in [-0.05, 0) is 19.3 Å². The van der Waals surface area contributed by atoms with Crippen molar-refractivity contribution in [3.05, 3.63) is 0 Å². The molecular weight excluding hydrogens is 284 g/mol. The summed E-state index contributed by atoms with van der Waals surface area (Å²) in [5.74, 6) is 0. The van der Waals surface area contributed by atoms with Gasteiger partial charge in [-0.1, -0.05) is 0 Å². The van der Waals surface area contributed by atoms with Crippen LogP contribution >= 0.6 is 23.0 Å². The van der Waals surface area contributed by atoms with Crippen molar-refractivity contribution in [1.29, 1.82) is 0 Å². The molecule has 76 valence electrons. The van der Waals surface area contributed by atoms with E-state index in [1.807, 2.05) is 23.0 Å². The fourth-order valence-corrected chi connectivity index (χ4v) is 2.70. The van der Waals surface area contributed by atoms with Gasteiger partial charge in [-0.3, -0.25) is 4.90 Å². The summed E-state index contributed by atoms with van der Waals surface area (Å²) in [5, 5.41) is 0. The second-order valence-electron chi connectivity index (χ2n) is 4.37. The molecule has 1 saturated carbocycles. The number of hydrogen-bond donors (Lipinski definition) is 0. The standard InChI is InChI=1S/C9H15FINO/c10-8-1-4-12(5-8)6-9(2-3-9)7-13-11/h8H,1-7H2. The van der Waals surface area contributed by atoms with Gasteiger partial charge in [0, 0.05) is 25.0 Å². The van der Waals surface area contributed by atoms with Gasteiger partial charge in [0.25, 0.3) is 0 Å². The zero-order valence-corrected chi connectivity index (χ0v) is 9.80. The van der Waals surface area contributed by atoms with E-state index < -0.39 is 6.17 Å². The lowest BCUT2D eigenvalue weighted by atomic mass is 10.1. The first-order valence-corrected chi connectivity index (χ1v) is 5.72. The molecule has 2 fully saturated rings. The Labute approximate surface area is 92.5 Å². The molecule has 1 saturated heterocycles. The summed E-state index contributed by atoms with van der Waals surface area (Å²) in [5.41, 5.74) is 0.380. The molecule has 0 amide bonds. The maximum absolute atomic E-state index is 12.9. The van der Waals surface area contributed by atoms with Crippen LogP contribution in [0, 0.1) is 5.41 Å². The maximum Gasteiger partial charge on any atom is 0.114 e. The minimum atomic E-state index is -0.587. The van der Waals surface area contributed by atoms with Crippen molar-refractivity contribution in [1.82, 2.24) is 4.90 Å². The van der Waals surface area contributed by atoms with Crippen LogP contribution in [0.3, 0.4) is 0 Å². The van der Waals surface area contributed by atoms with E-state index in [0.717, 1.165) is 26.1 Å². The molecular formula is C9H15FINO. The van der Waals surface area contributed by atoms with Crippen LogP contribution in [0.4, 0.5) is 4.39 Å². The van der Waals surface area contributed by atoms with Crippen LogP contribution in [0.1, 0.15) is 19.3 Å². The third-order valence-electron chi connectivity index (χ3n) is 3.09. The fraction of sp³-hybridized carbons (Fsp3) is 1.00. The van der Waals surface area contributed by atoms with Crippen molar-refractivity contribution in [2.75, 3.05) is 26.2 Å². The zero-order valence-electron chi connectivity index (χ0n) is 7.64. The van der Waals surface area contributed by atoms with Crippen LogP contribution in [0.15, 0.2) is 0 Å². The van der Waals surface area contributed by atoms with Crippen LogP contribution in [0.2, 0.25) is 0 Å². The van der Waals surface area contributed by atoms with E-state index in [1.54, 1.807) is 0 Å². The average Bonchev–Trinajstić information content (AvgIpc) is 2.70. The lowest BCUT2D eigenvalue weighted by Gasteiger charge is -2.21. The van der Waals surface area contributed by atoms with Crippen LogP contribution in [0.25, 0.3) is 0 Å². The highest BCUT2D eigenvalue weighted by atomic mass is 127. The molecule has 1 aliphatic carbocycles. The van der Waals surface area contributed by atoms with Gasteiger partial charge in [0.1, 0.15) is 29.2 Å². The molecule has 0 aromatic heterocycles. The number of hydrogen-bond acceptors (Lipinski definition) is 2. The molecule has 1 heterocycles. The van der Waals surface area contributed by atoms with E-state index in [9.17, 15) is 4.39 Å². The first-order valence-electron chi connectivity index (χ1n) is 4.84. The first kappa shape index (κ1) is 10.1. The van der Waals surface area contributed by atoms with Crippen molar-refractivity contribution in [2.45, 2.75) is 25.4 Å². The van der Waals surface area contributed by atoms with Crippen molar-refractivity contribution >= 4 is 23.0 Å². The Hall–Kier alpha value is 0.580. The van der Waals surface area contributed by atoms with E-state index in [0.29, 0.717) is 12.0 Å². The molecule has 4 heteroatoms. The van der Waals surface area contributed by atoms with Gasteiger partial charge in [0.2, 0.25) is 0 Å². The number of halogens is 2. The van der Waals surface area contributed by atoms with Crippen LogP contribution in [-0.2, 0) is 3.07 Å². The smallest absolute Gasteiger partial charge is 0.114 e. The summed E-state index contributed by atoms with van der Waals surface area (Å²) in [6, 6.07) is 0. The highest BCUT2D eigenvalue weighted by Gasteiger charge is 2.45. The van der Waals surface area contributed by atoms with Gasteiger partial charge in [0.05, 0.1) is 6.61 Å². The van der Waals surface area contributed by atoms with Gasteiger partial charge in [-0.15, -0.1) is 0 Å². The molecule has 0 bridgehead atoms. The Morgan fingerprint density at radius 1 is 1.54 bits per heavy atom.